The van der Waals surface area contributed by atoms with Crippen molar-refractivity contribution in [1.82, 2.24) is 4.98 Å². The quantitative estimate of drug-likeness (QED) is 0.278. The zero-order chi connectivity index (χ0) is 24.6. The normalized spacial score (nSPS) is 11.5. The number of thioether (sulfide) groups is 1. The molecule has 0 aliphatic rings. The Labute approximate surface area is 210 Å². The summed E-state index contributed by atoms with van der Waals surface area (Å²) in [5.74, 6) is 1.17. The van der Waals surface area contributed by atoms with Gasteiger partial charge < -0.3 is 15.2 Å². The summed E-state index contributed by atoms with van der Waals surface area (Å²) in [5, 5.41) is 24.5. The standard InChI is InChI=1S/C29H27N3O2S/c1-20-8-12-23(13-9-20)31-18-24(33)19-35-29-27(17-30)26(21-6-4-3-5-7-21)16-28(32-29)22-10-14-25(34-2)15-11-22/h3-16,24,31,33H,18-19H2,1-2H3. The van der Waals surface area contributed by atoms with Crippen molar-refractivity contribution in [2.45, 2.75) is 18.1 Å². The van der Waals surface area contributed by atoms with Crippen LogP contribution in [-0.4, -0.2) is 35.6 Å². The maximum atomic E-state index is 10.6. The van der Waals surface area contributed by atoms with Crippen molar-refractivity contribution < 1.29 is 9.84 Å². The van der Waals surface area contributed by atoms with Crippen molar-refractivity contribution in [3.05, 3.63) is 96.1 Å². The number of rotatable bonds is 9. The number of pyridine rings is 1. The lowest BCUT2D eigenvalue weighted by Crippen LogP contribution is -2.22. The number of ether oxygens (including phenoxy) is 1. The van der Waals surface area contributed by atoms with Crippen LogP contribution in [0.5, 0.6) is 5.75 Å². The molecule has 5 nitrogen and oxygen atoms in total. The maximum Gasteiger partial charge on any atom is 0.118 e. The minimum atomic E-state index is -0.612. The van der Waals surface area contributed by atoms with Gasteiger partial charge in [0.25, 0.3) is 0 Å². The number of hydrogen-bond donors (Lipinski definition) is 2. The first-order valence-corrected chi connectivity index (χ1v) is 12.3. The van der Waals surface area contributed by atoms with Crippen molar-refractivity contribution in [3.63, 3.8) is 0 Å². The SMILES string of the molecule is COc1ccc(-c2cc(-c3ccccc3)c(C#N)c(SCC(O)CNc3ccc(C)cc3)n2)cc1. The second-order valence-electron chi connectivity index (χ2n) is 8.15. The molecule has 4 rings (SSSR count). The van der Waals surface area contributed by atoms with Gasteiger partial charge in [-0.3, -0.25) is 0 Å². The number of anilines is 1. The van der Waals surface area contributed by atoms with Crippen LogP contribution in [0.25, 0.3) is 22.4 Å². The Hall–Kier alpha value is -3.79. The molecule has 3 aromatic carbocycles. The first-order chi connectivity index (χ1) is 17.1. The Morgan fingerprint density at radius 2 is 1.71 bits per heavy atom. The van der Waals surface area contributed by atoms with Crippen LogP contribution in [0.2, 0.25) is 0 Å². The molecule has 1 atom stereocenters. The van der Waals surface area contributed by atoms with Gasteiger partial charge in [-0.25, -0.2) is 4.98 Å². The number of nitrogens with zero attached hydrogens (tertiary/aromatic N) is 2. The molecule has 1 heterocycles. The summed E-state index contributed by atoms with van der Waals surface area (Å²) in [4.78, 5) is 4.82. The van der Waals surface area contributed by atoms with E-state index in [1.807, 2.05) is 91.9 Å². The van der Waals surface area contributed by atoms with Crippen molar-refractivity contribution >= 4 is 17.4 Å². The lowest BCUT2D eigenvalue weighted by atomic mass is 9.99. The van der Waals surface area contributed by atoms with Crippen molar-refractivity contribution in [2.24, 2.45) is 0 Å². The van der Waals surface area contributed by atoms with E-state index in [-0.39, 0.29) is 0 Å². The molecule has 1 unspecified atom stereocenters. The van der Waals surface area contributed by atoms with Crippen LogP contribution in [0.1, 0.15) is 11.1 Å². The van der Waals surface area contributed by atoms with Gasteiger partial charge in [0.2, 0.25) is 0 Å². The van der Waals surface area contributed by atoms with Crippen molar-refractivity contribution in [2.75, 3.05) is 24.7 Å². The summed E-state index contributed by atoms with van der Waals surface area (Å²) >= 11 is 1.39. The van der Waals surface area contributed by atoms with E-state index in [0.29, 0.717) is 22.9 Å². The van der Waals surface area contributed by atoms with Gasteiger partial charge in [-0.1, -0.05) is 48.0 Å². The van der Waals surface area contributed by atoms with Crippen LogP contribution >= 0.6 is 11.8 Å². The van der Waals surface area contributed by atoms with Crippen molar-refractivity contribution in [1.29, 1.82) is 5.26 Å². The zero-order valence-electron chi connectivity index (χ0n) is 19.7. The van der Waals surface area contributed by atoms with Crippen molar-refractivity contribution in [3.8, 4) is 34.2 Å². The van der Waals surface area contributed by atoms with Gasteiger partial charge >= 0.3 is 0 Å². The number of nitriles is 1. The third-order valence-electron chi connectivity index (χ3n) is 5.57. The van der Waals surface area contributed by atoms with Gasteiger partial charge in [-0.2, -0.15) is 5.26 Å². The topological polar surface area (TPSA) is 78.2 Å². The molecule has 35 heavy (non-hydrogen) atoms. The molecule has 4 aromatic rings. The van der Waals surface area contributed by atoms with Gasteiger partial charge in [0.15, 0.2) is 0 Å². The van der Waals surface area contributed by atoms with Crippen LogP contribution in [0.15, 0.2) is 90.0 Å². The van der Waals surface area contributed by atoms with Crippen LogP contribution in [-0.2, 0) is 0 Å². The van der Waals surface area contributed by atoms with Gasteiger partial charge in [0.05, 0.1) is 24.5 Å². The summed E-state index contributed by atoms with van der Waals surface area (Å²) < 4.78 is 5.28. The number of aliphatic hydroxyl groups excluding tert-OH is 1. The van der Waals surface area contributed by atoms with Gasteiger partial charge in [-0.15, -0.1) is 11.8 Å². The van der Waals surface area contributed by atoms with E-state index in [2.05, 4.69) is 11.4 Å². The van der Waals surface area contributed by atoms with Crippen LogP contribution in [0, 0.1) is 18.3 Å². The summed E-state index contributed by atoms with van der Waals surface area (Å²) in [7, 11) is 1.64. The minimum Gasteiger partial charge on any atom is -0.497 e. The highest BCUT2D eigenvalue weighted by atomic mass is 32.2. The molecular weight excluding hydrogens is 454 g/mol. The molecule has 0 amide bonds. The Kier molecular flexibility index (Phi) is 8.04. The lowest BCUT2D eigenvalue weighted by molar-refractivity contribution is 0.213. The highest BCUT2D eigenvalue weighted by Crippen LogP contribution is 2.34. The van der Waals surface area contributed by atoms with E-state index < -0.39 is 6.10 Å². The number of methoxy groups -OCH3 is 1. The number of benzene rings is 3. The summed E-state index contributed by atoms with van der Waals surface area (Å²) in [6.45, 7) is 2.44. The minimum absolute atomic E-state index is 0.404. The number of nitrogens with one attached hydrogen (secondary N) is 1. The van der Waals surface area contributed by atoms with Gasteiger partial charge in [0.1, 0.15) is 16.8 Å². The molecule has 0 saturated heterocycles. The fraction of sp³-hybridized carbons (Fsp3) is 0.172. The van der Waals surface area contributed by atoms with E-state index in [4.69, 9.17) is 9.72 Å². The molecule has 2 N–H and O–H groups in total. The summed E-state index contributed by atoms with van der Waals surface area (Å²) in [6.07, 6.45) is -0.612. The maximum absolute atomic E-state index is 10.6. The Morgan fingerprint density at radius 3 is 2.37 bits per heavy atom. The molecule has 0 aliphatic heterocycles. The number of aryl methyl sites for hydroxylation is 1. The molecule has 0 aliphatic carbocycles. The fourth-order valence-electron chi connectivity index (χ4n) is 3.63. The highest BCUT2D eigenvalue weighted by Gasteiger charge is 2.17. The number of aliphatic hydroxyl groups is 1. The predicted molar refractivity (Wildman–Crippen MR) is 143 cm³/mol. The van der Waals surface area contributed by atoms with E-state index in [9.17, 15) is 10.4 Å². The molecule has 0 spiro atoms. The van der Waals surface area contributed by atoms with Crippen LogP contribution in [0.4, 0.5) is 5.69 Å². The van der Waals surface area contributed by atoms with E-state index >= 15 is 0 Å². The largest absolute Gasteiger partial charge is 0.497 e. The molecule has 176 valence electrons. The molecular formula is C29H27N3O2S. The van der Waals surface area contributed by atoms with Gasteiger partial charge in [0, 0.05) is 29.1 Å². The summed E-state index contributed by atoms with van der Waals surface area (Å²) in [6, 6.07) is 29.9. The van der Waals surface area contributed by atoms with E-state index in [0.717, 1.165) is 33.8 Å². The molecule has 0 radical (unpaired) electrons. The van der Waals surface area contributed by atoms with E-state index in [1.165, 1.54) is 17.3 Å². The third kappa shape index (κ3) is 6.21. The lowest BCUT2D eigenvalue weighted by Gasteiger charge is -2.15. The molecule has 0 fully saturated rings. The average molecular weight is 482 g/mol. The second kappa shape index (κ2) is 11.6. The Morgan fingerprint density at radius 1 is 1.00 bits per heavy atom. The molecule has 0 saturated carbocycles. The van der Waals surface area contributed by atoms with E-state index in [1.54, 1.807) is 7.11 Å². The zero-order valence-corrected chi connectivity index (χ0v) is 20.5. The molecule has 0 bridgehead atoms. The average Bonchev–Trinajstić information content (AvgIpc) is 2.91. The first-order valence-electron chi connectivity index (χ1n) is 11.3. The fourth-order valence-corrected chi connectivity index (χ4v) is 4.56. The summed E-state index contributed by atoms with van der Waals surface area (Å²) in [5.41, 5.74) is 6.12. The van der Waals surface area contributed by atoms with Gasteiger partial charge in [-0.05, 0) is 55.0 Å². The second-order valence-corrected chi connectivity index (χ2v) is 9.16. The Balaban J connectivity index is 1.60. The third-order valence-corrected chi connectivity index (χ3v) is 6.69. The number of aromatic nitrogens is 1. The Bertz CT molecular complexity index is 1300. The molecule has 1 aromatic heterocycles. The monoisotopic (exact) mass is 481 g/mol. The predicted octanol–water partition coefficient (Wildman–Crippen LogP) is 6.17. The number of hydrogen-bond acceptors (Lipinski definition) is 6. The smallest absolute Gasteiger partial charge is 0.118 e. The highest BCUT2D eigenvalue weighted by molar-refractivity contribution is 7.99. The van der Waals surface area contributed by atoms with Crippen LogP contribution in [0.3, 0.4) is 0 Å². The molecule has 6 heteroatoms. The first kappa shape index (κ1) is 24.3. The van der Waals surface area contributed by atoms with Crippen LogP contribution < -0.4 is 10.1 Å².